The minimum atomic E-state index is -3.56. The molecule has 0 aliphatic carbocycles. The van der Waals surface area contributed by atoms with Gasteiger partial charge in [0.1, 0.15) is 17.6 Å². The average molecular weight is 395 g/mol. The summed E-state index contributed by atoms with van der Waals surface area (Å²) in [7, 11) is -3.56. The van der Waals surface area contributed by atoms with Gasteiger partial charge in [-0.2, -0.15) is 4.31 Å². The Morgan fingerprint density at radius 2 is 1.81 bits per heavy atom. The van der Waals surface area contributed by atoms with Gasteiger partial charge >= 0.3 is 0 Å². The Labute approximate surface area is 157 Å². The van der Waals surface area contributed by atoms with Crippen LogP contribution in [0.5, 0.6) is 0 Å². The van der Waals surface area contributed by atoms with Crippen molar-refractivity contribution in [3.8, 4) is 0 Å². The first-order valence-electron chi connectivity index (χ1n) is 8.19. The van der Waals surface area contributed by atoms with Crippen LogP contribution in [-0.2, 0) is 16.6 Å². The molecule has 0 unspecified atom stereocenters. The van der Waals surface area contributed by atoms with Gasteiger partial charge in [-0.05, 0) is 41.1 Å². The van der Waals surface area contributed by atoms with Crippen molar-refractivity contribution in [2.45, 2.75) is 25.3 Å². The topological polar surface area (TPSA) is 77.3 Å². The fraction of sp³-hybridized carbons (Fsp3) is 0.294. The van der Waals surface area contributed by atoms with Crippen LogP contribution in [0.4, 0.5) is 0 Å². The second-order valence-corrected chi connectivity index (χ2v) is 7.98. The summed E-state index contributed by atoms with van der Waals surface area (Å²) in [6.07, 6.45) is 0. The Kier molecular flexibility index (Phi) is 5.45. The molecule has 0 aliphatic rings. The molecule has 0 bridgehead atoms. The lowest BCUT2D eigenvalue weighted by molar-refractivity contribution is 0.0751. The molecule has 1 aromatic heterocycles. The van der Waals surface area contributed by atoms with E-state index in [0.29, 0.717) is 29.1 Å². The summed E-state index contributed by atoms with van der Waals surface area (Å²) in [5, 5.41) is 8.60. The van der Waals surface area contributed by atoms with E-state index in [-0.39, 0.29) is 11.5 Å². The second-order valence-electron chi connectivity index (χ2n) is 5.60. The molecular weight excluding hydrogens is 376 g/mol. The van der Waals surface area contributed by atoms with Crippen LogP contribution in [0.3, 0.4) is 0 Å². The van der Waals surface area contributed by atoms with Crippen LogP contribution < -0.4 is 4.84 Å². The molecule has 1 heterocycles. The Hall–Kier alpha value is -2.16. The van der Waals surface area contributed by atoms with Gasteiger partial charge in [-0.3, -0.25) is 0 Å². The lowest BCUT2D eigenvalue weighted by Gasteiger charge is -2.18. The molecule has 9 heteroatoms. The second kappa shape index (κ2) is 7.61. The van der Waals surface area contributed by atoms with E-state index < -0.39 is 10.0 Å². The summed E-state index contributed by atoms with van der Waals surface area (Å²) in [6.45, 7) is 4.67. The molecule has 0 amide bonds. The van der Waals surface area contributed by atoms with Gasteiger partial charge in [0.15, 0.2) is 0 Å². The van der Waals surface area contributed by atoms with Crippen molar-refractivity contribution in [1.82, 2.24) is 19.5 Å². The fourth-order valence-corrected chi connectivity index (χ4v) is 4.17. The third kappa shape index (κ3) is 3.67. The third-order valence-electron chi connectivity index (χ3n) is 4.00. The summed E-state index contributed by atoms with van der Waals surface area (Å²) in [6, 6.07) is 11.9. The van der Waals surface area contributed by atoms with E-state index in [2.05, 4.69) is 10.3 Å². The van der Waals surface area contributed by atoms with Crippen molar-refractivity contribution in [2.75, 3.05) is 13.1 Å². The molecule has 138 valence electrons. The Balaban J connectivity index is 1.89. The van der Waals surface area contributed by atoms with Crippen molar-refractivity contribution in [3.63, 3.8) is 0 Å². The van der Waals surface area contributed by atoms with E-state index in [9.17, 15) is 8.42 Å². The molecule has 0 radical (unpaired) electrons. The smallest absolute Gasteiger partial charge is 0.243 e. The van der Waals surface area contributed by atoms with E-state index in [1.807, 2.05) is 12.1 Å². The quantitative estimate of drug-likeness (QED) is 0.615. The van der Waals surface area contributed by atoms with Crippen LogP contribution in [-0.4, -0.2) is 41.0 Å². The number of nitrogens with zero attached hydrogens (tertiary/aromatic N) is 4. The van der Waals surface area contributed by atoms with E-state index in [1.165, 1.54) is 21.3 Å². The fourth-order valence-electron chi connectivity index (χ4n) is 2.56. The van der Waals surface area contributed by atoms with E-state index in [1.54, 1.807) is 32.0 Å². The molecule has 7 nitrogen and oxygen atoms in total. The number of fused-ring (bicyclic) bond motifs is 1. The Bertz CT molecular complexity index is 999. The van der Waals surface area contributed by atoms with Crippen LogP contribution in [0.15, 0.2) is 47.4 Å². The number of aromatic nitrogens is 3. The SMILES string of the molecule is CCN(CC)S(=O)(=O)c1ccc2nnn(OCc3ccc(Cl)cc3)c2c1. The number of rotatable bonds is 7. The summed E-state index contributed by atoms with van der Waals surface area (Å²) in [4.78, 5) is 7.09. The number of hydrogen-bond acceptors (Lipinski definition) is 5. The third-order valence-corrected chi connectivity index (χ3v) is 6.29. The van der Waals surface area contributed by atoms with Gasteiger partial charge in [0.05, 0.1) is 4.90 Å². The van der Waals surface area contributed by atoms with Gasteiger partial charge in [-0.15, -0.1) is 5.10 Å². The lowest BCUT2D eigenvalue weighted by Crippen LogP contribution is -2.30. The van der Waals surface area contributed by atoms with Crippen molar-refractivity contribution in [1.29, 1.82) is 0 Å². The zero-order valence-corrected chi connectivity index (χ0v) is 16.0. The summed E-state index contributed by atoms with van der Waals surface area (Å²) in [5.74, 6) is 0. The Morgan fingerprint density at radius 3 is 2.46 bits per heavy atom. The number of halogens is 1. The van der Waals surface area contributed by atoms with E-state index in [4.69, 9.17) is 16.4 Å². The predicted octanol–water partition coefficient (Wildman–Crippen LogP) is 2.74. The van der Waals surface area contributed by atoms with E-state index >= 15 is 0 Å². The first-order chi connectivity index (χ1) is 12.5. The maximum atomic E-state index is 12.7. The zero-order chi connectivity index (χ0) is 18.7. The van der Waals surface area contributed by atoms with Gasteiger partial charge in [-0.25, -0.2) is 8.42 Å². The highest BCUT2D eigenvalue weighted by Gasteiger charge is 2.22. The first kappa shape index (κ1) is 18.6. The summed E-state index contributed by atoms with van der Waals surface area (Å²) in [5.41, 5.74) is 1.96. The molecule has 0 atom stereocenters. The van der Waals surface area contributed by atoms with Gasteiger partial charge in [0.25, 0.3) is 0 Å². The molecular formula is C17H19ClN4O3S. The molecule has 0 N–H and O–H groups in total. The van der Waals surface area contributed by atoms with Crippen LogP contribution in [0.1, 0.15) is 19.4 Å². The Morgan fingerprint density at radius 1 is 1.12 bits per heavy atom. The largest absolute Gasteiger partial charge is 0.390 e. The average Bonchev–Trinajstić information content (AvgIpc) is 3.04. The van der Waals surface area contributed by atoms with Crippen LogP contribution >= 0.6 is 11.6 Å². The summed E-state index contributed by atoms with van der Waals surface area (Å²) >= 11 is 5.87. The van der Waals surface area contributed by atoms with E-state index in [0.717, 1.165) is 5.56 Å². The predicted molar refractivity (Wildman–Crippen MR) is 99.4 cm³/mol. The van der Waals surface area contributed by atoms with Crippen LogP contribution in [0.25, 0.3) is 11.0 Å². The van der Waals surface area contributed by atoms with Crippen LogP contribution in [0, 0.1) is 0 Å². The highest BCUT2D eigenvalue weighted by Crippen LogP contribution is 2.20. The van der Waals surface area contributed by atoms with Gasteiger partial charge < -0.3 is 4.84 Å². The highest BCUT2D eigenvalue weighted by atomic mass is 35.5. The molecule has 3 rings (SSSR count). The molecule has 0 saturated carbocycles. The number of benzene rings is 2. The molecule has 0 fully saturated rings. The zero-order valence-electron chi connectivity index (χ0n) is 14.5. The maximum Gasteiger partial charge on any atom is 0.243 e. The number of hydrogen-bond donors (Lipinski definition) is 0. The normalized spacial score (nSPS) is 12.0. The molecule has 0 spiro atoms. The molecule has 0 aliphatic heterocycles. The summed E-state index contributed by atoms with van der Waals surface area (Å²) < 4.78 is 26.8. The molecule has 26 heavy (non-hydrogen) atoms. The van der Waals surface area contributed by atoms with Crippen molar-refractivity contribution >= 4 is 32.7 Å². The molecule has 2 aromatic carbocycles. The standard InChI is InChI=1S/C17H19ClN4O3S/c1-3-21(4-2)26(23,24)15-9-10-16-17(11-15)22(20-19-16)25-12-13-5-7-14(18)8-6-13/h5-11H,3-4,12H2,1-2H3. The monoisotopic (exact) mass is 394 g/mol. The highest BCUT2D eigenvalue weighted by molar-refractivity contribution is 7.89. The van der Waals surface area contributed by atoms with Crippen LogP contribution in [0.2, 0.25) is 5.02 Å². The maximum absolute atomic E-state index is 12.7. The minimum absolute atomic E-state index is 0.187. The molecule has 0 saturated heterocycles. The lowest BCUT2D eigenvalue weighted by atomic mass is 10.2. The van der Waals surface area contributed by atoms with Crippen molar-refractivity contribution in [3.05, 3.63) is 53.1 Å². The van der Waals surface area contributed by atoms with Gasteiger partial charge in [0, 0.05) is 18.1 Å². The van der Waals surface area contributed by atoms with Crippen molar-refractivity contribution < 1.29 is 13.3 Å². The minimum Gasteiger partial charge on any atom is -0.390 e. The van der Waals surface area contributed by atoms with Gasteiger partial charge in [-0.1, -0.05) is 42.4 Å². The van der Waals surface area contributed by atoms with Crippen molar-refractivity contribution in [2.24, 2.45) is 0 Å². The van der Waals surface area contributed by atoms with Gasteiger partial charge in [0.2, 0.25) is 10.0 Å². The first-order valence-corrected chi connectivity index (χ1v) is 10.0. The number of sulfonamides is 1. The molecule has 3 aromatic rings.